The highest BCUT2D eigenvalue weighted by atomic mass is 35.5. The zero-order valence-corrected chi connectivity index (χ0v) is 18.1. The van der Waals surface area contributed by atoms with Crippen LogP contribution in [0.4, 0.5) is 0 Å². The first-order chi connectivity index (χ1) is 11.1. The maximum atomic E-state index is 12.5. The molecule has 2 rings (SSSR count). The van der Waals surface area contributed by atoms with E-state index in [4.69, 9.17) is 81.8 Å². The molecule has 2 aromatic rings. The molecule has 2 aromatic carbocycles. The molecule has 0 unspecified atom stereocenters. The van der Waals surface area contributed by atoms with E-state index in [1.165, 1.54) is 24.3 Å². The van der Waals surface area contributed by atoms with Crippen LogP contribution in [-0.2, 0) is 9.84 Å². The number of thioether (sulfide) groups is 1. The highest BCUT2D eigenvalue weighted by molar-refractivity contribution is 8.44. The smallest absolute Gasteiger partial charge is 0.217 e. The lowest BCUT2D eigenvalue weighted by atomic mass is 10.3. The van der Waals surface area contributed by atoms with E-state index in [0.29, 0.717) is 16.8 Å². The largest absolute Gasteiger partial charge is 0.223 e. The van der Waals surface area contributed by atoms with Gasteiger partial charge in [0.05, 0.1) is 34.9 Å². The maximum Gasteiger partial charge on any atom is 0.223 e. The first-order valence-electron chi connectivity index (χ1n) is 5.81. The van der Waals surface area contributed by atoms with Gasteiger partial charge in [0.1, 0.15) is 0 Å². The number of rotatable bonds is 2. The summed E-state index contributed by atoms with van der Waals surface area (Å²) in [6.07, 6.45) is 0. The van der Waals surface area contributed by atoms with Crippen LogP contribution in [0.3, 0.4) is 0 Å². The molecule has 0 aliphatic rings. The molecule has 0 bridgehead atoms. The first kappa shape index (κ1) is 20.9. The Morgan fingerprint density at radius 2 is 1.21 bits per heavy atom. The van der Waals surface area contributed by atoms with Gasteiger partial charge in [0.2, 0.25) is 9.84 Å². The second-order valence-corrected chi connectivity index (χ2v) is 10.6. The van der Waals surface area contributed by atoms with E-state index in [1.54, 1.807) is 0 Å². The zero-order chi connectivity index (χ0) is 18.2. The van der Waals surface area contributed by atoms with Gasteiger partial charge in [0.15, 0.2) is 3.53 Å². The molecule has 11 heteroatoms. The summed E-state index contributed by atoms with van der Waals surface area (Å²) in [5.41, 5.74) is 0. The topological polar surface area (TPSA) is 34.1 Å². The van der Waals surface area contributed by atoms with Crippen molar-refractivity contribution in [3.8, 4) is 0 Å². The molecule has 0 N–H and O–H groups in total. The number of thiocarbonyl (C=S) groups is 1. The summed E-state index contributed by atoms with van der Waals surface area (Å²) < 4.78 is 24.7. The van der Waals surface area contributed by atoms with Gasteiger partial charge in [-0.2, -0.15) is 0 Å². The summed E-state index contributed by atoms with van der Waals surface area (Å²) >= 11 is 41.4. The minimum absolute atomic E-state index is 0.0113. The quantitative estimate of drug-likeness (QED) is 0.185. The van der Waals surface area contributed by atoms with Crippen molar-refractivity contribution in [2.45, 2.75) is 9.79 Å². The van der Waals surface area contributed by atoms with Crippen molar-refractivity contribution in [2.24, 2.45) is 0 Å². The summed E-state index contributed by atoms with van der Waals surface area (Å²) in [6.45, 7) is 0. The van der Waals surface area contributed by atoms with Crippen molar-refractivity contribution in [1.29, 1.82) is 0 Å². The van der Waals surface area contributed by atoms with Crippen LogP contribution in [0, 0.1) is 0 Å². The van der Waals surface area contributed by atoms with E-state index in [9.17, 15) is 8.42 Å². The first-order valence-corrected chi connectivity index (χ1v) is 10.8. The lowest BCUT2D eigenvalue weighted by Gasteiger charge is -2.12. The molecule has 0 saturated heterocycles. The van der Waals surface area contributed by atoms with Crippen LogP contribution < -0.4 is 0 Å². The number of hydrogen-bond acceptors (Lipinski definition) is 4. The second kappa shape index (κ2) is 8.07. The van der Waals surface area contributed by atoms with Crippen molar-refractivity contribution >= 4 is 107 Å². The van der Waals surface area contributed by atoms with Crippen molar-refractivity contribution in [1.82, 2.24) is 0 Å². The van der Waals surface area contributed by atoms with Gasteiger partial charge in [-0.15, -0.1) is 0 Å². The molecular formula is C13H4Cl6O2S3. The molecular weight excluding hydrogens is 497 g/mol. The van der Waals surface area contributed by atoms with Crippen LogP contribution in [0.5, 0.6) is 0 Å². The molecule has 0 saturated carbocycles. The minimum Gasteiger partial charge on any atom is -0.217 e. The van der Waals surface area contributed by atoms with Crippen LogP contribution >= 0.6 is 93.6 Å². The molecule has 0 radical (unpaired) electrons. The SMILES string of the molecule is O=S(=O)(C(=S)Sc1c(Cl)c(Cl)c(Cl)c(Cl)c1Cl)c1ccc(Cl)cc1. The summed E-state index contributed by atoms with van der Waals surface area (Å²) in [5.74, 6) is 0. The van der Waals surface area contributed by atoms with E-state index in [1.807, 2.05) is 0 Å². The van der Waals surface area contributed by atoms with Crippen LogP contribution in [0.15, 0.2) is 34.1 Å². The normalized spacial score (nSPS) is 11.6. The predicted octanol–water partition coefficient (Wildman–Crippen LogP) is 7.46. The molecule has 0 aromatic heterocycles. The fourth-order valence-electron chi connectivity index (χ4n) is 1.52. The van der Waals surface area contributed by atoms with Crippen LogP contribution in [-0.4, -0.2) is 11.9 Å². The lowest BCUT2D eigenvalue weighted by Crippen LogP contribution is -2.09. The van der Waals surface area contributed by atoms with Crippen LogP contribution in [0.2, 0.25) is 30.1 Å². The van der Waals surface area contributed by atoms with Gasteiger partial charge in [0, 0.05) is 5.02 Å². The number of benzene rings is 2. The van der Waals surface area contributed by atoms with Crippen molar-refractivity contribution in [3.63, 3.8) is 0 Å². The van der Waals surface area contributed by atoms with E-state index in [2.05, 4.69) is 0 Å². The Labute approximate surface area is 178 Å². The number of halogens is 6. The van der Waals surface area contributed by atoms with Gasteiger partial charge in [-0.3, -0.25) is 0 Å². The standard InChI is InChI=1S/C13H4Cl6O2S3/c14-5-1-3-6(4-2-5)24(20,21)13(22)23-12-10(18)8(16)7(15)9(17)11(12)19/h1-4H. The average molecular weight is 501 g/mol. The minimum atomic E-state index is -3.92. The highest BCUT2D eigenvalue weighted by Crippen LogP contribution is 2.48. The molecule has 0 aliphatic heterocycles. The average Bonchev–Trinajstić information content (AvgIpc) is 2.55. The Kier molecular flexibility index (Phi) is 7.02. The fourth-order valence-corrected chi connectivity index (χ4v) is 5.88. The summed E-state index contributed by atoms with van der Waals surface area (Å²) in [7, 11) is -3.92. The second-order valence-electron chi connectivity index (χ2n) is 4.21. The number of hydrogen-bond donors (Lipinski definition) is 0. The molecule has 128 valence electrons. The third-order valence-electron chi connectivity index (χ3n) is 2.70. The van der Waals surface area contributed by atoms with Crippen LogP contribution in [0.1, 0.15) is 0 Å². The Morgan fingerprint density at radius 1 is 0.792 bits per heavy atom. The Morgan fingerprint density at radius 3 is 1.67 bits per heavy atom. The molecule has 0 heterocycles. The van der Waals surface area contributed by atoms with E-state index >= 15 is 0 Å². The molecule has 24 heavy (non-hydrogen) atoms. The van der Waals surface area contributed by atoms with E-state index in [0.717, 1.165) is 0 Å². The molecule has 0 amide bonds. The number of sulfone groups is 1. The zero-order valence-electron chi connectivity index (χ0n) is 11.1. The van der Waals surface area contributed by atoms with Gasteiger partial charge >= 0.3 is 0 Å². The predicted molar refractivity (Wildman–Crippen MR) is 109 cm³/mol. The van der Waals surface area contributed by atoms with Crippen LogP contribution in [0.25, 0.3) is 0 Å². The molecule has 0 spiro atoms. The fraction of sp³-hybridized carbons (Fsp3) is 0. The Balaban J connectivity index is 2.45. The van der Waals surface area contributed by atoms with E-state index < -0.39 is 9.84 Å². The Bertz CT molecular complexity index is 897. The van der Waals surface area contributed by atoms with Gasteiger partial charge in [-0.1, -0.05) is 93.6 Å². The third-order valence-corrected chi connectivity index (χ3v) is 9.38. The summed E-state index contributed by atoms with van der Waals surface area (Å²) in [5, 5.41) is 0.229. The van der Waals surface area contributed by atoms with Gasteiger partial charge in [-0.25, -0.2) is 8.42 Å². The van der Waals surface area contributed by atoms with Crippen molar-refractivity contribution in [3.05, 3.63) is 54.4 Å². The maximum absolute atomic E-state index is 12.5. The van der Waals surface area contributed by atoms with Crippen molar-refractivity contribution in [2.75, 3.05) is 0 Å². The molecule has 0 aliphatic carbocycles. The van der Waals surface area contributed by atoms with Gasteiger partial charge in [-0.05, 0) is 24.3 Å². The molecule has 2 nitrogen and oxygen atoms in total. The Hall–Kier alpha value is 0.570. The third kappa shape index (κ3) is 4.11. The van der Waals surface area contributed by atoms with Crippen molar-refractivity contribution < 1.29 is 8.42 Å². The highest BCUT2D eigenvalue weighted by Gasteiger charge is 2.27. The lowest BCUT2D eigenvalue weighted by molar-refractivity contribution is 0.608. The van der Waals surface area contributed by atoms with Gasteiger partial charge in [0.25, 0.3) is 0 Å². The van der Waals surface area contributed by atoms with E-state index in [-0.39, 0.29) is 38.4 Å². The summed E-state index contributed by atoms with van der Waals surface area (Å²) in [4.78, 5) is 0.100. The molecule has 0 atom stereocenters. The molecule has 0 fully saturated rings. The summed E-state index contributed by atoms with van der Waals surface area (Å²) in [6, 6.07) is 5.57. The monoisotopic (exact) mass is 498 g/mol. The van der Waals surface area contributed by atoms with Gasteiger partial charge < -0.3 is 0 Å².